The first-order valence-corrected chi connectivity index (χ1v) is 11.5. The smallest absolute Gasteiger partial charge is 0.368 e. The molecule has 8 nitrogen and oxygen atoms in total. The van der Waals surface area contributed by atoms with Crippen molar-refractivity contribution in [1.82, 2.24) is 19.9 Å². The highest BCUT2D eigenvalue weighted by Crippen LogP contribution is 2.33. The molecular weight excluding hydrogens is 492 g/mol. The summed E-state index contributed by atoms with van der Waals surface area (Å²) in [6.45, 7) is 1.91. The van der Waals surface area contributed by atoms with Gasteiger partial charge in [-0.05, 0) is 24.3 Å². The lowest BCUT2D eigenvalue weighted by atomic mass is 9.99. The number of halogens is 4. The maximum absolute atomic E-state index is 14.9. The molecule has 0 bridgehead atoms. The van der Waals surface area contributed by atoms with Gasteiger partial charge in [0.05, 0.1) is 23.3 Å². The molecule has 0 atom stereocenters. The SMILES string of the molecule is NCC(=O)N1CCN(c2cc(F)c3nc(-c4cc(C(=O)c5ccccc5C(F)(F)F)c[nH]4)[nH]c3c2)CC1. The number of ketones is 1. The number of imidazole rings is 1. The minimum atomic E-state index is -4.67. The summed E-state index contributed by atoms with van der Waals surface area (Å²) in [4.78, 5) is 38.4. The maximum Gasteiger partial charge on any atom is 0.417 e. The Kier molecular flexibility index (Phi) is 6.20. The molecule has 4 aromatic rings. The number of amides is 1. The summed E-state index contributed by atoms with van der Waals surface area (Å²) in [5, 5.41) is 0. The number of aromatic nitrogens is 3. The molecule has 4 N–H and O–H groups in total. The summed E-state index contributed by atoms with van der Waals surface area (Å²) < 4.78 is 55.0. The van der Waals surface area contributed by atoms with E-state index in [0.29, 0.717) is 43.1 Å². The van der Waals surface area contributed by atoms with Crippen molar-refractivity contribution in [1.29, 1.82) is 0 Å². The number of fused-ring (bicyclic) bond motifs is 1. The lowest BCUT2D eigenvalue weighted by Gasteiger charge is -2.36. The van der Waals surface area contributed by atoms with Crippen LogP contribution >= 0.6 is 0 Å². The van der Waals surface area contributed by atoms with Gasteiger partial charge in [-0.1, -0.05) is 18.2 Å². The van der Waals surface area contributed by atoms with Crippen LogP contribution in [0, 0.1) is 5.82 Å². The number of alkyl halides is 3. The van der Waals surface area contributed by atoms with E-state index in [9.17, 15) is 27.2 Å². The van der Waals surface area contributed by atoms with Gasteiger partial charge < -0.3 is 25.5 Å². The van der Waals surface area contributed by atoms with Gasteiger partial charge in [-0.3, -0.25) is 9.59 Å². The topological polar surface area (TPSA) is 111 Å². The Morgan fingerprint density at radius 2 is 1.78 bits per heavy atom. The van der Waals surface area contributed by atoms with E-state index in [-0.39, 0.29) is 29.4 Å². The number of hydrogen-bond acceptors (Lipinski definition) is 5. The fourth-order valence-electron chi connectivity index (χ4n) is 4.46. The Morgan fingerprint density at radius 1 is 1.05 bits per heavy atom. The minimum absolute atomic E-state index is 0.0122. The van der Waals surface area contributed by atoms with Crippen molar-refractivity contribution >= 4 is 28.4 Å². The van der Waals surface area contributed by atoms with Crippen molar-refractivity contribution in [3.63, 3.8) is 0 Å². The Bertz CT molecular complexity index is 1480. The number of nitrogens with one attached hydrogen (secondary N) is 2. The summed E-state index contributed by atoms with van der Waals surface area (Å²) in [7, 11) is 0. The third-order valence-corrected chi connectivity index (χ3v) is 6.37. The van der Waals surface area contributed by atoms with E-state index in [1.807, 2.05) is 4.90 Å². The number of nitrogens with zero attached hydrogens (tertiary/aromatic N) is 3. The molecule has 0 radical (unpaired) electrons. The molecule has 1 aliphatic rings. The Morgan fingerprint density at radius 3 is 2.49 bits per heavy atom. The summed E-state index contributed by atoms with van der Waals surface area (Å²) in [5.41, 5.74) is 5.38. The Hall–Kier alpha value is -4.19. The van der Waals surface area contributed by atoms with Gasteiger partial charge in [0.15, 0.2) is 17.4 Å². The summed E-state index contributed by atoms with van der Waals surface area (Å²) in [6, 6.07) is 9.05. The Balaban J connectivity index is 1.40. The molecule has 12 heteroatoms. The molecule has 1 saturated heterocycles. The van der Waals surface area contributed by atoms with Gasteiger partial charge in [-0.25, -0.2) is 9.37 Å². The van der Waals surface area contributed by atoms with Gasteiger partial charge in [0.1, 0.15) is 5.52 Å². The average molecular weight is 514 g/mol. The maximum atomic E-state index is 14.9. The van der Waals surface area contributed by atoms with Crippen molar-refractivity contribution in [2.75, 3.05) is 37.6 Å². The molecule has 192 valence electrons. The van der Waals surface area contributed by atoms with Crippen LogP contribution in [0.4, 0.5) is 23.2 Å². The van der Waals surface area contributed by atoms with Crippen LogP contribution in [-0.4, -0.2) is 64.3 Å². The second-order valence-electron chi connectivity index (χ2n) is 8.66. The molecule has 1 amide bonds. The van der Waals surface area contributed by atoms with Crippen LogP contribution in [-0.2, 0) is 11.0 Å². The van der Waals surface area contributed by atoms with Crippen LogP contribution in [0.3, 0.4) is 0 Å². The van der Waals surface area contributed by atoms with E-state index in [1.54, 1.807) is 11.0 Å². The highest BCUT2D eigenvalue weighted by molar-refractivity contribution is 6.10. The van der Waals surface area contributed by atoms with Gasteiger partial charge in [0, 0.05) is 49.2 Å². The molecule has 1 aliphatic heterocycles. The average Bonchev–Trinajstić information content (AvgIpc) is 3.55. The molecule has 2 aromatic carbocycles. The van der Waals surface area contributed by atoms with Crippen LogP contribution in [0.1, 0.15) is 21.5 Å². The third-order valence-electron chi connectivity index (χ3n) is 6.37. The second-order valence-corrected chi connectivity index (χ2v) is 8.66. The molecule has 5 rings (SSSR count). The van der Waals surface area contributed by atoms with Gasteiger partial charge in [-0.15, -0.1) is 0 Å². The van der Waals surface area contributed by atoms with E-state index >= 15 is 0 Å². The van der Waals surface area contributed by atoms with E-state index in [4.69, 9.17) is 5.73 Å². The lowest BCUT2D eigenvalue weighted by Crippen LogP contribution is -2.50. The number of carbonyl (C=O) groups excluding carboxylic acids is 2. The predicted octanol–water partition coefficient (Wildman–Crippen LogP) is 3.55. The zero-order chi connectivity index (χ0) is 26.3. The normalized spacial score (nSPS) is 14.4. The standard InChI is InChI=1S/C25H22F4N6O2/c26-18-10-15(34-5-7-35(8-6-34)21(36)12-30)11-19-22(18)33-24(32-19)20-9-14(13-31-20)23(37)16-3-1-2-4-17(16)25(27,28)29/h1-4,9-11,13,31H,5-8,12,30H2,(H,32,33). The number of carbonyl (C=O) groups is 2. The van der Waals surface area contributed by atoms with Gasteiger partial charge in [-0.2, -0.15) is 13.2 Å². The van der Waals surface area contributed by atoms with Gasteiger partial charge >= 0.3 is 6.18 Å². The zero-order valence-electron chi connectivity index (χ0n) is 19.4. The van der Waals surface area contributed by atoms with Gasteiger partial charge in [0.25, 0.3) is 0 Å². The van der Waals surface area contributed by atoms with Crippen molar-refractivity contribution in [3.05, 3.63) is 71.2 Å². The van der Waals surface area contributed by atoms with Crippen LogP contribution < -0.4 is 10.6 Å². The predicted molar refractivity (Wildman–Crippen MR) is 129 cm³/mol. The molecule has 2 aromatic heterocycles. The molecule has 0 aliphatic carbocycles. The first-order chi connectivity index (χ1) is 17.7. The number of anilines is 1. The largest absolute Gasteiger partial charge is 0.417 e. The molecular formula is C25H22F4N6O2. The van der Waals surface area contributed by atoms with Crippen molar-refractivity contribution in [3.8, 4) is 11.5 Å². The zero-order valence-corrected chi connectivity index (χ0v) is 19.4. The fraction of sp³-hybridized carbons (Fsp3) is 0.240. The van der Waals surface area contributed by atoms with E-state index < -0.39 is 28.9 Å². The molecule has 37 heavy (non-hydrogen) atoms. The van der Waals surface area contributed by atoms with E-state index in [0.717, 1.165) is 12.1 Å². The molecule has 0 unspecified atom stereocenters. The second kappa shape index (κ2) is 9.36. The number of nitrogens with two attached hydrogens (primary N) is 1. The first-order valence-electron chi connectivity index (χ1n) is 11.5. The molecule has 1 fully saturated rings. The number of hydrogen-bond donors (Lipinski definition) is 3. The van der Waals surface area contributed by atoms with E-state index in [2.05, 4.69) is 15.0 Å². The quantitative estimate of drug-likeness (QED) is 0.279. The van der Waals surface area contributed by atoms with Crippen molar-refractivity contribution in [2.24, 2.45) is 5.73 Å². The summed E-state index contributed by atoms with van der Waals surface area (Å²) >= 11 is 0. The summed E-state index contributed by atoms with van der Waals surface area (Å²) in [6.07, 6.45) is -3.38. The summed E-state index contributed by atoms with van der Waals surface area (Å²) in [5.74, 6) is -1.26. The van der Waals surface area contributed by atoms with Crippen molar-refractivity contribution in [2.45, 2.75) is 6.18 Å². The highest BCUT2D eigenvalue weighted by Gasteiger charge is 2.35. The van der Waals surface area contributed by atoms with Crippen LogP contribution in [0.15, 0.2) is 48.7 Å². The minimum Gasteiger partial charge on any atom is -0.368 e. The highest BCUT2D eigenvalue weighted by atomic mass is 19.4. The molecule has 3 heterocycles. The number of piperazine rings is 1. The molecule has 0 saturated carbocycles. The number of rotatable bonds is 5. The Labute approximate surface area is 208 Å². The monoisotopic (exact) mass is 514 g/mol. The molecule has 0 spiro atoms. The fourth-order valence-corrected chi connectivity index (χ4v) is 4.46. The van der Waals surface area contributed by atoms with Crippen molar-refractivity contribution < 1.29 is 27.2 Å². The van der Waals surface area contributed by atoms with E-state index in [1.165, 1.54) is 30.5 Å². The van der Waals surface area contributed by atoms with Crippen LogP contribution in [0.2, 0.25) is 0 Å². The number of aromatic amines is 2. The third kappa shape index (κ3) is 4.67. The first kappa shape index (κ1) is 24.5. The van der Waals surface area contributed by atoms with Crippen LogP contribution in [0.25, 0.3) is 22.6 Å². The number of H-pyrrole nitrogens is 2. The number of benzene rings is 2. The lowest BCUT2D eigenvalue weighted by molar-refractivity contribution is -0.138. The van der Waals surface area contributed by atoms with Crippen LogP contribution in [0.5, 0.6) is 0 Å². The van der Waals surface area contributed by atoms with Gasteiger partial charge in [0.2, 0.25) is 5.91 Å².